The second kappa shape index (κ2) is 7.19. The van der Waals surface area contributed by atoms with Crippen molar-refractivity contribution in [3.05, 3.63) is 63.7 Å². The number of allylic oxidation sites excluding steroid dienone is 6. The van der Waals surface area contributed by atoms with E-state index >= 15 is 0 Å². The van der Waals surface area contributed by atoms with Gasteiger partial charge in [0.05, 0.1) is 0 Å². The molecule has 0 amide bonds. The molecule has 1 nitrogen and oxygen atoms in total. The van der Waals surface area contributed by atoms with Crippen LogP contribution >= 0.6 is 11.3 Å². The molecule has 2 unspecified atom stereocenters. The van der Waals surface area contributed by atoms with Crippen LogP contribution in [0.1, 0.15) is 64.4 Å². The molecular weight excluding hydrogens is 362 g/mol. The highest BCUT2D eigenvalue weighted by Crippen LogP contribution is 2.53. The van der Waals surface area contributed by atoms with Gasteiger partial charge in [0.2, 0.25) is 0 Å². The van der Waals surface area contributed by atoms with Crippen LogP contribution in [0.2, 0.25) is 6.55 Å². The number of fused-ring (bicyclic) bond motifs is 3. The van der Waals surface area contributed by atoms with E-state index in [0.717, 1.165) is 0 Å². The number of hydrogen-bond donors (Lipinski definition) is 1. The summed E-state index contributed by atoms with van der Waals surface area (Å²) in [4.78, 5) is 5.70. The second-order valence-electron chi connectivity index (χ2n) is 9.03. The van der Waals surface area contributed by atoms with E-state index in [4.69, 9.17) is 0 Å². The predicted molar refractivity (Wildman–Crippen MR) is 126 cm³/mol. The van der Waals surface area contributed by atoms with Crippen LogP contribution in [0.3, 0.4) is 0 Å². The first-order valence-corrected chi connectivity index (χ1v) is 13.3. The van der Waals surface area contributed by atoms with Gasteiger partial charge >= 0.3 is 0 Å². The highest BCUT2D eigenvalue weighted by Gasteiger charge is 2.47. The van der Waals surface area contributed by atoms with Crippen molar-refractivity contribution in [3.63, 3.8) is 0 Å². The molecule has 2 aromatic rings. The van der Waals surface area contributed by atoms with Crippen LogP contribution in [0, 0.1) is 0 Å². The fraction of sp³-hybridized carbons (Fsp3) is 0.417. The van der Waals surface area contributed by atoms with Crippen LogP contribution in [-0.2, 0) is 0 Å². The molecule has 0 radical (unpaired) electrons. The molecule has 1 aliphatic carbocycles. The van der Waals surface area contributed by atoms with E-state index in [-0.39, 0.29) is 5.54 Å². The normalized spacial score (nSPS) is 20.6. The molecule has 2 atom stereocenters. The number of thiophene rings is 1. The Morgan fingerprint density at radius 1 is 1.19 bits per heavy atom. The minimum Gasteiger partial charge on any atom is -0.329 e. The Hall–Kier alpha value is -1.42. The average molecular weight is 396 g/mol. The fourth-order valence-electron chi connectivity index (χ4n) is 4.55. The lowest BCUT2D eigenvalue weighted by Crippen LogP contribution is -2.61. The van der Waals surface area contributed by atoms with Crippen LogP contribution in [-0.4, -0.2) is 13.8 Å². The van der Waals surface area contributed by atoms with Gasteiger partial charge in [-0.05, 0) is 65.7 Å². The summed E-state index contributed by atoms with van der Waals surface area (Å²) in [6.07, 6.45) is 6.65. The molecular formula is C24H33NSSi. The third-order valence-electron chi connectivity index (χ3n) is 5.85. The molecule has 0 saturated heterocycles. The van der Waals surface area contributed by atoms with Crippen molar-refractivity contribution in [2.24, 2.45) is 0 Å². The second-order valence-corrected chi connectivity index (χ2v) is 14.1. The van der Waals surface area contributed by atoms with Crippen LogP contribution < -0.4 is 4.98 Å². The number of rotatable bonds is 4. The standard InChI is InChI=1S/C24H33NSSi/c1-9-10-13-16(2)27(8,25-24(5,6)7)23-18(4)17(3)21-19-14-11-12-15-20(19)26-22(21)23/h9-15,23,25H,1-8H3/b10-9-,16-13+. The Balaban J connectivity index is 2.25. The van der Waals surface area contributed by atoms with Crippen LogP contribution in [0.4, 0.5) is 0 Å². The topological polar surface area (TPSA) is 12.0 Å². The molecule has 3 heteroatoms. The molecule has 0 saturated carbocycles. The maximum Gasteiger partial charge on any atom is 0.163 e. The van der Waals surface area contributed by atoms with Crippen molar-refractivity contribution in [1.82, 2.24) is 4.98 Å². The predicted octanol–water partition coefficient (Wildman–Crippen LogP) is 7.36. The summed E-state index contributed by atoms with van der Waals surface area (Å²) >= 11 is 2.00. The molecule has 1 aliphatic rings. The van der Waals surface area contributed by atoms with Gasteiger partial charge in [-0.3, -0.25) is 0 Å². The zero-order chi connectivity index (χ0) is 20.0. The monoisotopic (exact) mass is 395 g/mol. The first-order valence-electron chi connectivity index (χ1n) is 9.88. The summed E-state index contributed by atoms with van der Waals surface area (Å²) in [5.74, 6) is 0. The zero-order valence-electron chi connectivity index (χ0n) is 18.0. The molecule has 0 bridgehead atoms. The maximum absolute atomic E-state index is 4.13. The first kappa shape index (κ1) is 20.3. The van der Waals surface area contributed by atoms with Gasteiger partial charge in [-0.15, -0.1) is 11.3 Å². The van der Waals surface area contributed by atoms with Gasteiger partial charge in [-0.25, -0.2) is 0 Å². The Bertz CT molecular complexity index is 954. The third-order valence-corrected chi connectivity index (χ3v) is 12.2. The first-order chi connectivity index (χ1) is 12.6. The van der Waals surface area contributed by atoms with Crippen LogP contribution in [0.5, 0.6) is 0 Å². The van der Waals surface area contributed by atoms with E-state index < -0.39 is 8.24 Å². The average Bonchev–Trinajstić information content (AvgIpc) is 3.06. The molecule has 1 aromatic carbocycles. The molecule has 0 spiro atoms. The Morgan fingerprint density at radius 3 is 2.48 bits per heavy atom. The summed E-state index contributed by atoms with van der Waals surface area (Å²) in [6.45, 7) is 18.5. The van der Waals surface area contributed by atoms with Crippen molar-refractivity contribution in [1.29, 1.82) is 0 Å². The van der Waals surface area contributed by atoms with E-state index in [1.807, 2.05) is 11.3 Å². The summed E-state index contributed by atoms with van der Waals surface area (Å²) in [6, 6.07) is 8.90. The van der Waals surface area contributed by atoms with E-state index in [1.54, 1.807) is 10.5 Å². The summed E-state index contributed by atoms with van der Waals surface area (Å²) in [7, 11) is -2.00. The number of nitrogens with one attached hydrogen (secondary N) is 1. The van der Waals surface area contributed by atoms with Gasteiger partial charge in [0.1, 0.15) is 0 Å². The van der Waals surface area contributed by atoms with Gasteiger partial charge in [0.25, 0.3) is 0 Å². The highest BCUT2D eigenvalue weighted by molar-refractivity contribution is 7.20. The maximum atomic E-state index is 4.13. The largest absolute Gasteiger partial charge is 0.329 e. The molecule has 144 valence electrons. The van der Waals surface area contributed by atoms with Gasteiger partial charge in [0, 0.05) is 26.0 Å². The summed E-state index contributed by atoms with van der Waals surface area (Å²) < 4.78 is 1.42. The van der Waals surface area contributed by atoms with E-state index in [9.17, 15) is 0 Å². The minimum absolute atomic E-state index is 0.0830. The number of benzene rings is 1. The van der Waals surface area contributed by atoms with Crippen molar-refractivity contribution >= 4 is 35.2 Å². The van der Waals surface area contributed by atoms with E-state index in [2.05, 4.69) is 102 Å². The Labute approximate surface area is 170 Å². The zero-order valence-corrected chi connectivity index (χ0v) is 19.8. The van der Waals surface area contributed by atoms with Crippen LogP contribution in [0.25, 0.3) is 15.7 Å². The Kier molecular flexibility index (Phi) is 5.41. The molecule has 27 heavy (non-hydrogen) atoms. The molecule has 1 heterocycles. The third kappa shape index (κ3) is 3.53. The molecule has 1 aromatic heterocycles. The number of hydrogen-bond acceptors (Lipinski definition) is 2. The molecule has 1 N–H and O–H groups in total. The lowest BCUT2D eigenvalue weighted by Gasteiger charge is -2.42. The van der Waals surface area contributed by atoms with Crippen molar-refractivity contribution < 1.29 is 0 Å². The van der Waals surface area contributed by atoms with E-state index in [0.29, 0.717) is 5.54 Å². The quantitative estimate of drug-likeness (QED) is 0.421. The Morgan fingerprint density at radius 2 is 1.85 bits per heavy atom. The molecule has 0 aliphatic heterocycles. The SMILES string of the molecule is C/C=C\C=C(/C)[Si](C)(NC(C)(C)C)C1C(C)=C(C)c2c1sc1ccccc21. The fourth-order valence-corrected chi connectivity index (χ4v) is 11.3. The highest BCUT2D eigenvalue weighted by atomic mass is 32.1. The summed E-state index contributed by atoms with van der Waals surface area (Å²) in [5, 5.41) is 2.94. The molecule has 3 rings (SSSR count). The van der Waals surface area contributed by atoms with Gasteiger partial charge < -0.3 is 4.98 Å². The van der Waals surface area contributed by atoms with Crippen molar-refractivity contribution in [2.75, 3.05) is 0 Å². The van der Waals surface area contributed by atoms with Gasteiger partial charge in [-0.2, -0.15) is 0 Å². The smallest absolute Gasteiger partial charge is 0.163 e. The molecule has 0 fully saturated rings. The van der Waals surface area contributed by atoms with E-state index in [1.165, 1.54) is 26.4 Å². The summed E-state index contributed by atoms with van der Waals surface area (Å²) in [5.41, 5.74) is 5.12. The van der Waals surface area contributed by atoms with Crippen LogP contribution in [0.15, 0.2) is 53.3 Å². The van der Waals surface area contributed by atoms with Gasteiger partial charge in [0.15, 0.2) is 8.24 Å². The lowest BCUT2D eigenvalue weighted by molar-refractivity contribution is 0.509. The lowest BCUT2D eigenvalue weighted by atomic mass is 10.1. The van der Waals surface area contributed by atoms with Crippen molar-refractivity contribution in [2.45, 2.75) is 66.1 Å². The van der Waals surface area contributed by atoms with Crippen molar-refractivity contribution in [3.8, 4) is 0 Å². The van der Waals surface area contributed by atoms with Gasteiger partial charge in [-0.1, -0.05) is 53.7 Å². The minimum atomic E-state index is -2.00.